The van der Waals surface area contributed by atoms with Gasteiger partial charge in [0.15, 0.2) is 5.82 Å². The first kappa shape index (κ1) is 17.5. The van der Waals surface area contributed by atoms with Gasteiger partial charge in [-0.3, -0.25) is 14.9 Å². The van der Waals surface area contributed by atoms with Gasteiger partial charge in [-0.05, 0) is 11.6 Å². The van der Waals surface area contributed by atoms with E-state index in [-0.39, 0.29) is 19.0 Å². The first-order chi connectivity index (χ1) is 12.0. The van der Waals surface area contributed by atoms with E-state index in [9.17, 15) is 9.59 Å². The predicted molar refractivity (Wildman–Crippen MR) is 85.2 cm³/mol. The van der Waals surface area contributed by atoms with E-state index < -0.39 is 29.3 Å². The van der Waals surface area contributed by atoms with E-state index in [4.69, 9.17) is 26.1 Å². The number of aromatic carboxylic acids is 1. The summed E-state index contributed by atoms with van der Waals surface area (Å²) < 4.78 is 4.69. The van der Waals surface area contributed by atoms with Crippen LogP contribution in [0.2, 0.25) is 0 Å². The van der Waals surface area contributed by atoms with Gasteiger partial charge >= 0.3 is 17.2 Å². The van der Waals surface area contributed by atoms with Gasteiger partial charge in [0.25, 0.3) is 0 Å². The number of thiazole rings is 1. The number of rotatable bonds is 6. The minimum atomic E-state index is -1.32. The lowest BCUT2D eigenvalue weighted by atomic mass is 10.0. The maximum atomic E-state index is 11.7. The van der Waals surface area contributed by atoms with Crippen molar-refractivity contribution in [2.75, 3.05) is 13.2 Å². The Morgan fingerprint density at radius 3 is 3.08 bits per heavy atom. The summed E-state index contributed by atoms with van der Waals surface area (Å²) in [6, 6.07) is -1.07. The fraction of sp³-hybridized carbons (Fsp3) is 0.308. The molecule has 0 aromatic carbocycles. The van der Waals surface area contributed by atoms with Gasteiger partial charge < -0.3 is 9.63 Å². The number of aromatic nitrogens is 3. The lowest BCUT2D eigenvalue weighted by molar-refractivity contribution is -0.127. The van der Waals surface area contributed by atoms with Crippen LogP contribution in [0.25, 0.3) is 0 Å². The van der Waals surface area contributed by atoms with Gasteiger partial charge in [0, 0.05) is 6.54 Å². The number of hydrogen-bond donors (Lipinski definition) is 2. The zero-order valence-electron chi connectivity index (χ0n) is 12.6. The molecule has 1 amide bonds. The van der Waals surface area contributed by atoms with Gasteiger partial charge in [0.2, 0.25) is 0 Å². The molecule has 2 unspecified atom stereocenters. The average Bonchev–Trinajstić information content (AvgIpc) is 3.24. The molecule has 10 nitrogen and oxygen atoms in total. The molecule has 1 aliphatic rings. The quantitative estimate of drug-likeness (QED) is 0.330. The highest BCUT2D eigenvalue weighted by atomic mass is 35.5. The van der Waals surface area contributed by atoms with E-state index in [1.54, 1.807) is 5.51 Å². The Bertz CT molecular complexity index is 808. The highest BCUT2D eigenvalue weighted by Crippen LogP contribution is 2.37. The molecule has 2 N–H and O–H groups in total. The standard InChI is InChI=1S/C13H12ClN5O5S/c1-2-3-23-19(13(14)22)6-4-15-8(7-9(6)25-5-16-7)10-17-11(12(20)21)24-18-10/h2,5-6,8,15H,1,3-4H2,(H,20,21). The van der Waals surface area contributed by atoms with Gasteiger partial charge in [-0.15, -0.1) is 17.9 Å². The van der Waals surface area contributed by atoms with Crippen molar-refractivity contribution in [3.8, 4) is 0 Å². The Kier molecular flexibility index (Phi) is 5.08. The van der Waals surface area contributed by atoms with Crippen LogP contribution in [0.1, 0.15) is 39.2 Å². The largest absolute Gasteiger partial charge is 0.474 e. The van der Waals surface area contributed by atoms with E-state index in [2.05, 4.69) is 27.0 Å². The third kappa shape index (κ3) is 3.39. The predicted octanol–water partition coefficient (Wildman–Crippen LogP) is 1.74. The van der Waals surface area contributed by atoms with Crippen molar-refractivity contribution in [3.63, 3.8) is 0 Å². The van der Waals surface area contributed by atoms with Gasteiger partial charge in [0.1, 0.15) is 12.1 Å². The SMILES string of the molecule is C=CCON(C(=O)Cl)C1CNC(c2noc(C(=O)O)n2)c2ncsc21. The van der Waals surface area contributed by atoms with E-state index in [1.807, 2.05) is 0 Å². The molecule has 0 aliphatic carbocycles. The van der Waals surface area contributed by atoms with E-state index in [0.29, 0.717) is 5.69 Å². The zero-order valence-corrected chi connectivity index (χ0v) is 14.2. The van der Waals surface area contributed by atoms with Gasteiger partial charge in [-0.25, -0.2) is 9.78 Å². The van der Waals surface area contributed by atoms with Crippen LogP contribution in [0.3, 0.4) is 0 Å². The molecule has 2 atom stereocenters. The van der Waals surface area contributed by atoms with E-state index >= 15 is 0 Å². The number of nitrogens with one attached hydrogen (secondary N) is 1. The first-order valence-electron chi connectivity index (χ1n) is 6.99. The summed E-state index contributed by atoms with van der Waals surface area (Å²) in [6.07, 6.45) is 1.49. The van der Waals surface area contributed by atoms with Crippen LogP contribution >= 0.6 is 22.9 Å². The number of hydroxylamine groups is 2. The third-order valence-electron chi connectivity index (χ3n) is 3.39. The lowest BCUT2D eigenvalue weighted by Crippen LogP contribution is -2.43. The molecule has 25 heavy (non-hydrogen) atoms. The maximum absolute atomic E-state index is 11.7. The number of carbonyl (C=O) groups is 2. The third-order valence-corrected chi connectivity index (χ3v) is 4.50. The van der Waals surface area contributed by atoms with E-state index in [0.717, 1.165) is 9.94 Å². The van der Waals surface area contributed by atoms with E-state index in [1.165, 1.54) is 17.4 Å². The molecule has 12 heteroatoms. The average molecular weight is 386 g/mol. The first-order valence-corrected chi connectivity index (χ1v) is 8.24. The van der Waals surface area contributed by atoms with Crippen molar-refractivity contribution in [1.82, 2.24) is 25.5 Å². The Hall–Kier alpha value is -2.34. The molecule has 0 saturated carbocycles. The molecular weight excluding hydrogens is 374 g/mol. The Morgan fingerprint density at radius 1 is 1.64 bits per heavy atom. The van der Waals surface area contributed by atoms with Crippen molar-refractivity contribution in [3.05, 3.63) is 40.5 Å². The number of halogens is 1. The monoisotopic (exact) mass is 385 g/mol. The van der Waals surface area contributed by atoms with Crippen LogP contribution < -0.4 is 5.32 Å². The molecule has 0 saturated heterocycles. The normalized spacial score (nSPS) is 19.2. The molecule has 132 valence electrons. The van der Waals surface area contributed by atoms with Crippen molar-refractivity contribution >= 4 is 34.3 Å². The van der Waals surface area contributed by atoms with Crippen molar-refractivity contribution in [1.29, 1.82) is 0 Å². The summed E-state index contributed by atoms with van der Waals surface area (Å²) >= 11 is 6.93. The number of nitrogens with zero attached hydrogens (tertiary/aromatic N) is 4. The maximum Gasteiger partial charge on any atom is 0.394 e. The Balaban J connectivity index is 1.90. The summed E-state index contributed by atoms with van der Waals surface area (Å²) in [5, 5.41) is 15.9. The molecule has 0 spiro atoms. The molecule has 2 aromatic rings. The second-order valence-corrected chi connectivity index (χ2v) is 6.09. The highest BCUT2D eigenvalue weighted by Gasteiger charge is 2.38. The molecule has 2 aromatic heterocycles. The summed E-state index contributed by atoms with van der Waals surface area (Å²) in [4.78, 5) is 36.8. The number of hydrogen-bond acceptors (Lipinski definition) is 9. The second kappa shape index (κ2) is 7.27. The van der Waals surface area contributed by atoms with Crippen molar-refractivity contribution < 1.29 is 24.1 Å². The zero-order chi connectivity index (χ0) is 18.0. The fourth-order valence-corrected chi connectivity index (χ4v) is 3.46. The van der Waals surface area contributed by atoms with Crippen LogP contribution in [0, 0.1) is 0 Å². The van der Waals surface area contributed by atoms with Gasteiger partial charge in [0.05, 0.1) is 22.7 Å². The number of carboxylic acids is 1. The minimum Gasteiger partial charge on any atom is -0.474 e. The summed E-state index contributed by atoms with van der Waals surface area (Å²) in [5.41, 5.74) is 2.14. The highest BCUT2D eigenvalue weighted by molar-refractivity contribution is 7.09. The number of carbonyl (C=O) groups excluding carboxylic acids is 1. The molecule has 3 heterocycles. The molecule has 3 rings (SSSR count). The fourth-order valence-electron chi connectivity index (χ4n) is 2.39. The topological polar surface area (TPSA) is 131 Å². The number of carboxylic acid groups (broad SMARTS) is 1. The van der Waals surface area contributed by atoms with Crippen LogP contribution in [-0.2, 0) is 4.84 Å². The second-order valence-electron chi connectivity index (χ2n) is 4.88. The van der Waals surface area contributed by atoms with Crippen LogP contribution in [0.5, 0.6) is 0 Å². The number of fused-ring (bicyclic) bond motifs is 1. The molecule has 0 radical (unpaired) electrons. The van der Waals surface area contributed by atoms with Gasteiger partial charge in [-0.1, -0.05) is 11.2 Å². The molecule has 0 bridgehead atoms. The summed E-state index contributed by atoms with van der Waals surface area (Å²) in [5.74, 6) is -1.69. The Morgan fingerprint density at radius 2 is 2.44 bits per heavy atom. The lowest BCUT2D eigenvalue weighted by Gasteiger charge is -2.33. The van der Waals surface area contributed by atoms with Crippen LogP contribution in [0.15, 0.2) is 22.7 Å². The van der Waals surface area contributed by atoms with Gasteiger partial charge in [-0.2, -0.15) is 10.0 Å². The van der Waals surface area contributed by atoms with Crippen LogP contribution in [-0.4, -0.2) is 49.8 Å². The smallest absolute Gasteiger partial charge is 0.394 e. The minimum absolute atomic E-state index is 0.110. The summed E-state index contributed by atoms with van der Waals surface area (Å²) in [7, 11) is 0. The molecular formula is C13H12ClN5O5S. The van der Waals surface area contributed by atoms with Crippen LogP contribution in [0.4, 0.5) is 4.79 Å². The number of amides is 1. The molecule has 0 fully saturated rings. The Labute approximate surface area is 150 Å². The van der Waals surface area contributed by atoms with Crippen molar-refractivity contribution in [2.45, 2.75) is 12.1 Å². The van der Waals surface area contributed by atoms with Crippen molar-refractivity contribution in [2.24, 2.45) is 0 Å². The molecule has 1 aliphatic heterocycles. The summed E-state index contributed by atoms with van der Waals surface area (Å²) in [6.45, 7) is 3.91.